The summed E-state index contributed by atoms with van der Waals surface area (Å²) < 4.78 is 26.4. The molecule has 1 aliphatic rings. The Morgan fingerprint density at radius 1 is 0.793 bits per heavy atom. The molecule has 1 fully saturated rings. The molecule has 4 rings (SSSR count). The zero-order valence-corrected chi connectivity index (χ0v) is 16.7. The molecule has 0 amide bonds. The average molecular weight is 403 g/mol. The van der Waals surface area contributed by atoms with Crippen molar-refractivity contribution >= 4 is 21.7 Å². The summed E-state index contributed by atoms with van der Waals surface area (Å²) in [6, 6.07) is 27.7. The van der Waals surface area contributed by atoms with Crippen LogP contribution in [0, 0.1) is 5.92 Å². The van der Waals surface area contributed by atoms with Gasteiger partial charge in [0.15, 0.2) is 9.84 Å². The van der Waals surface area contributed by atoms with Gasteiger partial charge < -0.3 is 0 Å². The van der Waals surface area contributed by atoms with Crippen molar-refractivity contribution < 1.29 is 13.2 Å². The van der Waals surface area contributed by atoms with E-state index in [0.29, 0.717) is 0 Å². The van der Waals surface area contributed by atoms with Crippen molar-refractivity contribution in [2.24, 2.45) is 5.92 Å². The minimum atomic E-state index is -3.58. The van der Waals surface area contributed by atoms with Crippen LogP contribution >= 0.6 is 0 Å². The van der Waals surface area contributed by atoms with E-state index in [1.165, 1.54) is 0 Å². The first-order chi connectivity index (χ1) is 14.1. The Kier molecular flexibility index (Phi) is 5.45. The van der Waals surface area contributed by atoms with E-state index < -0.39 is 21.0 Å². The summed E-state index contributed by atoms with van der Waals surface area (Å²) in [5.41, 5.74) is 1.92. The highest BCUT2D eigenvalue weighted by Gasteiger charge is 2.61. The Labute approximate surface area is 171 Å². The van der Waals surface area contributed by atoms with E-state index >= 15 is 0 Å². The molecule has 0 saturated heterocycles. The summed E-state index contributed by atoms with van der Waals surface area (Å²) >= 11 is 0. The monoisotopic (exact) mass is 402 g/mol. The third-order valence-electron chi connectivity index (χ3n) is 5.37. The predicted octanol–water partition coefficient (Wildman–Crippen LogP) is 4.92. The highest BCUT2D eigenvalue weighted by molar-refractivity contribution is 7.92. The first-order valence-corrected chi connectivity index (χ1v) is 11.2. The highest BCUT2D eigenvalue weighted by atomic mass is 32.2. The number of allylic oxidation sites excluding steroid dienone is 1. The molecule has 0 spiro atoms. The number of Topliss-reactive ketones (excluding diaryl/α,β-unsaturated/α-hetero) is 1. The van der Waals surface area contributed by atoms with Gasteiger partial charge in [-0.2, -0.15) is 0 Å². The molecule has 3 aromatic carbocycles. The Hall–Kier alpha value is -2.98. The number of hydrogen-bond donors (Lipinski definition) is 0. The number of carbonyl (C=O) groups excluding carboxylic acids is 1. The van der Waals surface area contributed by atoms with Gasteiger partial charge in [0.05, 0.1) is 10.1 Å². The molecule has 0 bridgehead atoms. The van der Waals surface area contributed by atoms with Gasteiger partial charge in [-0.15, -0.1) is 0 Å². The molecule has 3 aromatic rings. The lowest BCUT2D eigenvalue weighted by Gasteiger charge is -2.04. The van der Waals surface area contributed by atoms with Crippen LogP contribution in [0.15, 0.2) is 102 Å². The lowest BCUT2D eigenvalue weighted by molar-refractivity contribution is -0.119. The van der Waals surface area contributed by atoms with E-state index in [2.05, 4.69) is 0 Å². The molecule has 0 N–H and O–H groups in total. The van der Waals surface area contributed by atoms with Gasteiger partial charge in [-0.3, -0.25) is 4.79 Å². The van der Waals surface area contributed by atoms with E-state index in [0.717, 1.165) is 11.1 Å². The largest absolute Gasteiger partial charge is 0.299 e. The molecule has 0 heterocycles. The van der Waals surface area contributed by atoms with Crippen LogP contribution < -0.4 is 0 Å². The summed E-state index contributed by atoms with van der Waals surface area (Å²) in [7, 11) is -3.58. The lowest BCUT2D eigenvalue weighted by Crippen LogP contribution is -2.13. The quantitative estimate of drug-likeness (QED) is 0.564. The van der Waals surface area contributed by atoms with Crippen molar-refractivity contribution in [2.75, 3.05) is 0 Å². The Morgan fingerprint density at radius 2 is 1.34 bits per heavy atom. The molecule has 0 aliphatic heterocycles. The van der Waals surface area contributed by atoms with Crippen molar-refractivity contribution in [3.05, 3.63) is 108 Å². The van der Waals surface area contributed by atoms with Crippen molar-refractivity contribution in [3.8, 4) is 0 Å². The van der Waals surface area contributed by atoms with Crippen LogP contribution in [0.2, 0.25) is 0 Å². The first-order valence-electron chi connectivity index (χ1n) is 9.67. The number of rotatable bonds is 7. The normalized spacial score (nSPS) is 21.2. The van der Waals surface area contributed by atoms with Crippen LogP contribution in [0.25, 0.3) is 6.08 Å². The van der Waals surface area contributed by atoms with Crippen LogP contribution in [0.3, 0.4) is 0 Å². The molecule has 1 saturated carbocycles. The van der Waals surface area contributed by atoms with Crippen LogP contribution in [0.5, 0.6) is 0 Å². The lowest BCUT2D eigenvalue weighted by atomic mass is 10.1. The minimum Gasteiger partial charge on any atom is -0.299 e. The summed E-state index contributed by atoms with van der Waals surface area (Å²) in [6.45, 7) is 0. The van der Waals surface area contributed by atoms with E-state index in [4.69, 9.17) is 0 Å². The maximum absolute atomic E-state index is 13.2. The van der Waals surface area contributed by atoms with Crippen LogP contribution in [0.4, 0.5) is 0 Å². The number of carbonyl (C=O) groups is 1. The molecule has 3 unspecified atom stereocenters. The first kappa shape index (κ1) is 19.3. The van der Waals surface area contributed by atoms with Gasteiger partial charge in [-0.1, -0.05) is 91.0 Å². The molecule has 3 nitrogen and oxygen atoms in total. The van der Waals surface area contributed by atoms with Crippen molar-refractivity contribution in [1.82, 2.24) is 0 Å². The maximum Gasteiger partial charge on any atom is 0.182 e. The fourth-order valence-corrected chi connectivity index (χ4v) is 6.08. The molecule has 0 radical (unpaired) electrons. The molecule has 1 aliphatic carbocycles. The number of sulfone groups is 1. The maximum atomic E-state index is 13.2. The van der Waals surface area contributed by atoms with Crippen molar-refractivity contribution in [3.63, 3.8) is 0 Å². The number of benzene rings is 3. The zero-order chi connectivity index (χ0) is 20.3. The second kappa shape index (κ2) is 8.18. The molecular weight excluding hydrogens is 380 g/mol. The fraction of sp³-hybridized carbons (Fsp3) is 0.160. The molecule has 146 valence electrons. The second-order valence-corrected chi connectivity index (χ2v) is 9.37. The molecule has 0 aromatic heterocycles. The van der Waals surface area contributed by atoms with E-state index in [9.17, 15) is 13.2 Å². The second-order valence-electron chi connectivity index (χ2n) is 7.27. The van der Waals surface area contributed by atoms with Gasteiger partial charge >= 0.3 is 0 Å². The molecule has 4 heteroatoms. The standard InChI is InChI=1S/C25H22O3S/c26-22(18-10-13-19-11-4-1-5-12-19)24-23(20-14-6-2-7-15-20)25(24)29(27,28)21-16-8-3-9-17-21/h1-17,23-25H,18H2/b13-10+. The Morgan fingerprint density at radius 3 is 1.97 bits per heavy atom. The van der Waals surface area contributed by atoms with Gasteiger partial charge in [-0.25, -0.2) is 8.42 Å². The smallest absolute Gasteiger partial charge is 0.182 e. The van der Waals surface area contributed by atoms with Gasteiger partial charge in [0.2, 0.25) is 0 Å². The van der Waals surface area contributed by atoms with Crippen molar-refractivity contribution in [2.45, 2.75) is 22.5 Å². The van der Waals surface area contributed by atoms with Crippen LogP contribution in [0.1, 0.15) is 23.5 Å². The Balaban J connectivity index is 1.58. The zero-order valence-electron chi connectivity index (χ0n) is 15.9. The van der Waals surface area contributed by atoms with Crippen molar-refractivity contribution in [1.29, 1.82) is 0 Å². The third-order valence-corrected chi connectivity index (χ3v) is 7.60. The molecule has 3 atom stereocenters. The average Bonchev–Trinajstić information content (AvgIpc) is 3.53. The number of ketones is 1. The minimum absolute atomic E-state index is 0.0319. The van der Waals surface area contributed by atoms with Crippen LogP contribution in [-0.2, 0) is 14.6 Å². The fourth-order valence-electron chi connectivity index (χ4n) is 3.90. The Bertz CT molecular complexity index is 1100. The van der Waals surface area contributed by atoms with E-state index in [1.54, 1.807) is 30.3 Å². The summed E-state index contributed by atoms with van der Waals surface area (Å²) in [4.78, 5) is 13.2. The highest BCUT2D eigenvalue weighted by Crippen LogP contribution is 2.54. The molecule has 29 heavy (non-hydrogen) atoms. The van der Waals surface area contributed by atoms with Gasteiger partial charge in [0.25, 0.3) is 0 Å². The van der Waals surface area contributed by atoms with E-state index in [1.807, 2.05) is 72.8 Å². The van der Waals surface area contributed by atoms with Gasteiger partial charge in [-0.05, 0) is 23.3 Å². The SMILES string of the molecule is O=C(C/C=C/c1ccccc1)C1C(c2ccccc2)C1S(=O)(=O)c1ccccc1. The summed E-state index contributed by atoms with van der Waals surface area (Å²) in [5, 5.41) is -0.704. The summed E-state index contributed by atoms with van der Waals surface area (Å²) in [6.07, 6.45) is 3.95. The summed E-state index contributed by atoms with van der Waals surface area (Å²) in [5.74, 6) is -0.836. The van der Waals surface area contributed by atoms with E-state index in [-0.39, 0.29) is 23.0 Å². The van der Waals surface area contributed by atoms with Gasteiger partial charge in [0.1, 0.15) is 5.78 Å². The van der Waals surface area contributed by atoms with Gasteiger partial charge in [0, 0.05) is 18.3 Å². The molecular formula is C25H22O3S. The predicted molar refractivity (Wildman–Crippen MR) is 115 cm³/mol. The van der Waals surface area contributed by atoms with Crippen LogP contribution in [-0.4, -0.2) is 19.5 Å². The third kappa shape index (κ3) is 4.08. The topological polar surface area (TPSA) is 51.2 Å². The number of hydrogen-bond acceptors (Lipinski definition) is 3.